The third-order valence-electron chi connectivity index (χ3n) is 5.14. The summed E-state index contributed by atoms with van der Waals surface area (Å²) < 4.78 is 1.76. The number of aromatic amines is 2. The number of nitrogens with zero attached hydrogens (tertiary/aromatic N) is 5. The van der Waals surface area contributed by atoms with Crippen molar-refractivity contribution in [3.8, 4) is 22.8 Å². The van der Waals surface area contributed by atoms with E-state index in [1.54, 1.807) is 17.0 Å². The highest BCUT2D eigenvalue weighted by atomic mass is 15.2. The summed E-state index contributed by atoms with van der Waals surface area (Å²) in [6.45, 7) is 5.88. The molecule has 0 bridgehead atoms. The number of rotatable bonds is 5. The van der Waals surface area contributed by atoms with Crippen LogP contribution in [-0.2, 0) is 7.05 Å². The number of imidazole rings is 1. The minimum absolute atomic E-state index is 0.683. The molecule has 0 radical (unpaired) electrons. The van der Waals surface area contributed by atoms with E-state index < -0.39 is 0 Å². The van der Waals surface area contributed by atoms with Gasteiger partial charge < -0.3 is 4.98 Å². The summed E-state index contributed by atoms with van der Waals surface area (Å²) in [5, 5.41) is 11.8. The first-order chi connectivity index (χ1) is 14.6. The maximum absolute atomic E-state index is 4.89. The number of fused-ring (bicyclic) bond motifs is 1. The normalized spacial score (nSPS) is 13.9. The molecule has 7 nitrogen and oxygen atoms in total. The van der Waals surface area contributed by atoms with Crippen LogP contribution < -0.4 is 0 Å². The lowest BCUT2D eigenvalue weighted by Gasteiger charge is -2.04. The van der Waals surface area contributed by atoms with Gasteiger partial charge in [-0.25, -0.2) is 9.97 Å². The first kappa shape index (κ1) is 18.1. The molecule has 1 aliphatic carbocycles. The highest BCUT2D eigenvalue weighted by Gasteiger charge is 2.19. The van der Waals surface area contributed by atoms with Crippen LogP contribution in [0.5, 0.6) is 0 Å². The number of aromatic nitrogens is 7. The fourth-order valence-corrected chi connectivity index (χ4v) is 3.70. The maximum atomic E-state index is 4.89. The van der Waals surface area contributed by atoms with Crippen molar-refractivity contribution in [3.63, 3.8) is 0 Å². The monoisotopic (exact) mass is 395 g/mol. The Kier molecular flexibility index (Phi) is 4.28. The van der Waals surface area contributed by atoms with Crippen LogP contribution >= 0.6 is 0 Å². The molecular weight excluding hydrogens is 374 g/mol. The van der Waals surface area contributed by atoms with E-state index in [4.69, 9.17) is 9.97 Å². The van der Waals surface area contributed by atoms with Crippen molar-refractivity contribution in [3.05, 3.63) is 78.4 Å². The molecule has 7 heteroatoms. The number of hydrogen-bond donors (Lipinski definition) is 2. The molecule has 0 saturated heterocycles. The van der Waals surface area contributed by atoms with Crippen molar-refractivity contribution in [2.45, 2.75) is 13.3 Å². The quantitative estimate of drug-likeness (QED) is 0.487. The average molecular weight is 395 g/mol. The smallest absolute Gasteiger partial charge is 0.161 e. The summed E-state index contributed by atoms with van der Waals surface area (Å²) in [4.78, 5) is 13.1. The Hall–Kier alpha value is -4.00. The number of aryl methyl sites for hydroxylation is 2. The van der Waals surface area contributed by atoms with Crippen LogP contribution in [0.2, 0.25) is 0 Å². The standard InChI is InChI=1S/C23H21N7/c1-4-7-17(15-8-5-6-9-15)20-14(2)25-23(27-20)22-21-19(28-29-22)11-10-18(26-21)16-12-24-30(3)13-16/h4-5,7-13H,1,6H2,2-3H3,(H,25,27)(H,28,29)/b17-7-. The van der Waals surface area contributed by atoms with E-state index in [1.807, 2.05) is 38.4 Å². The van der Waals surface area contributed by atoms with Crippen LogP contribution in [0, 0.1) is 6.92 Å². The fourth-order valence-electron chi connectivity index (χ4n) is 3.70. The lowest BCUT2D eigenvalue weighted by Crippen LogP contribution is -1.90. The molecule has 1 aliphatic rings. The Morgan fingerprint density at radius 1 is 1.27 bits per heavy atom. The Morgan fingerprint density at radius 2 is 2.17 bits per heavy atom. The second-order valence-corrected chi connectivity index (χ2v) is 7.24. The summed E-state index contributed by atoms with van der Waals surface area (Å²) in [5.41, 5.74) is 8.18. The summed E-state index contributed by atoms with van der Waals surface area (Å²) in [5.74, 6) is 0.683. The van der Waals surface area contributed by atoms with Crippen molar-refractivity contribution in [1.29, 1.82) is 0 Å². The molecule has 4 aromatic rings. The third-order valence-corrected chi connectivity index (χ3v) is 5.14. The zero-order chi connectivity index (χ0) is 20.7. The van der Waals surface area contributed by atoms with Gasteiger partial charge in [0, 0.05) is 30.1 Å². The summed E-state index contributed by atoms with van der Waals surface area (Å²) in [6.07, 6.45) is 14.9. The fraction of sp³-hybridized carbons (Fsp3) is 0.130. The van der Waals surface area contributed by atoms with Crippen molar-refractivity contribution >= 4 is 16.6 Å². The van der Waals surface area contributed by atoms with Crippen LogP contribution in [0.3, 0.4) is 0 Å². The average Bonchev–Trinajstić information content (AvgIpc) is 3.52. The number of allylic oxidation sites excluding steroid dienone is 7. The molecule has 5 rings (SSSR count). The minimum atomic E-state index is 0.683. The van der Waals surface area contributed by atoms with Gasteiger partial charge in [-0.1, -0.05) is 37.0 Å². The van der Waals surface area contributed by atoms with E-state index >= 15 is 0 Å². The Bertz CT molecular complexity index is 1360. The van der Waals surface area contributed by atoms with Crippen LogP contribution in [0.15, 0.2) is 67.1 Å². The van der Waals surface area contributed by atoms with Gasteiger partial charge in [0.25, 0.3) is 0 Å². The Balaban J connectivity index is 1.61. The molecule has 0 aliphatic heterocycles. The minimum Gasteiger partial charge on any atom is -0.340 e. The lowest BCUT2D eigenvalue weighted by molar-refractivity contribution is 0.768. The van der Waals surface area contributed by atoms with Crippen LogP contribution in [0.1, 0.15) is 17.8 Å². The largest absolute Gasteiger partial charge is 0.340 e. The predicted molar refractivity (Wildman–Crippen MR) is 118 cm³/mol. The van der Waals surface area contributed by atoms with Gasteiger partial charge in [-0.05, 0) is 31.1 Å². The van der Waals surface area contributed by atoms with E-state index in [2.05, 4.69) is 45.1 Å². The Morgan fingerprint density at radius 3 is 2.90 bits per heavy atom. The van der Waals surface area contributed by atoms with Gasteiger partial charge in [0.2, 0.25) is 0 Å². The lowest BCUT2D eigenvalue weighted by atomic mass is 10.0. The first-order valence-corrected chi connectivity index (χ1v) is 9.75. The molecule has 30 heavy (non-hydrogen) atoms. The zero-order valence-electron chi connectivity index (χ0n) is 16.8. The molecule has 0 saturated carbocycles. The maximum Gasteiger partial charge on any atom is 0.161 e. The van der Waals surface area contributed by atoms with E-state index in [9.17, 15) is 0 Å². The van der Waals surface area contributed by atoms with Gasteiger partial charge in [-0.2, -0.15) is 10.2 Å². The molecule has 0 aromatic carbocycles. The number of H-pyrrole nitrogens is 2. The molecule has 148 valence electrons. The van der Waals surface area contributed by atoms with Crippen molar-refractivity contribution < 1.29 is 0 Å². The summed E-state index contributed by atoms with van der Waals surface area (Å²) >= 11 is 0. The molecule has 4 heterocycles. The number of nitrogens with one attached hydrogen (secondary N) is 2. The molecule has 0 amide bonds. The van der Waals surface area contributed by atoms with Crippen LogP contribution in [0.4, 0.5) is 0 Å². The van der Waals surface area contributed by atoms with Crippen molar-refractivity contribution in [1.82, 2.24) is 34.9 Å². The van der Waals surface area contributed by atoms with E-state index in [-0.39, 0.29) is 0 Å². The second kappa shape index (κ2) is 7.11. The van der Waals surface area contributed by atoms with Crippen molar-refractivity contribution in [2.75, 3.05) is 0 Å². The second-order valence-electron chi connectivity index (χ2n) is 7.24. The molecular formula is C23H21N7. The molecule has 0 fully saturated rings. The predicted octanol–water partition coefficient (Wildman–Crippen LogP) is 4.51. The molecule has 4 aromatic heterocycles. The summed E-state index contributed by atoms with van der Waals surface area (Å²) in [7, 11) is 1.89. The highest BCUT2D eigenvalue weighted by molar-refractivity contribution is 5.90. The van der Waals surface area contributed by atoms with Crippen LogP contribution in [0.25, 0.3) is 39.4 Å². The molecule has 0 atom stereocenters. The topological polar surface area (TPSA) is 88.1 Å². The van der Waals surface area contributed by atoms with E-state index in [0.717, 1.165) is 51.2 Å². The highest BCUT2D eigenvalue weighted by Crippen LogP contribution is 2.32. The first-order valence-electron chi connectivity index (χ1n) is 9.75. The SMILES string of the molecule is C=C/C=C(/C1=CCC=C1)c1nc(-c2n[nH]c3ccc(-c4cnn(C)c4)nc23)[nH]c1C. The third kappa shape index (κ3) is 3.00. The van der Waals surface area contributed by atoms with Gasteiger partial charge >= 0.3 is 0 Å². The van der Waals surface area contributed by atoms with Crippen molar-refractivity contribution in [2.24, 2.45) is 7.05 Å². The molecule has 2 N–H and O–H groups in total. The van der Waals surface area contributed by atoms with E-state index in [1.165, 1.54) is 0 Å². The number of pyridine rings is 1. The van der Waals surface area contributed by atoms with Gasteiger partial charge in [-0.15, -0.1) is 0 Å². The van der Waals surface area contributed by atoms with Gasteiger partial charge in [-0.3, -0.25) is 9.78 Å². The van der Waals surface area contributed by atoms with Gasteiger partial charge in [0.05, 0.1) is 23.1 Å². The van der Waals surface area contributed by atoms with Crippen LogP contribution in [-0.4, -0.2) is 34.9 Å². The number of hydrogen-bond acceptors (Lipinski definition) is 4. The Labute approximate surface area is 173 Å². The van der Waals surface area contributed by atoms with Gasteiger partial charge in [0.1, 0.15) is 5.52 Å². The zero-order valence-corrected chi connectivity index (χ0v) is 16.8. The van der Waals surface area contributed by atoms with E-state index in [0.29, 0.717) is 11.5 Å². The summed E-state index contributed by atoms with van der Waals surface area (Å²) in [6, 6.07) is 3.94. The molecule has 0 spiro atoms. The van der Waals surface area contributed by atoms with Gasteiger partial charge in [0.15, 0.2) is 11.5 Å². The molecule has 0 unspecified atom stereocenters.